The van der Waals surface area contributed by atoms with Crippen molar-refractivity contribution >= 4 is 22.5 Å². The first kappa shape index (κ1) is 18.8. The normalized spacial score (nSPS) is 13.3. The van der Waals surface area contributed by atoms with E-state index in [4.69, 9.17) is 0 Å². The van der Waals surface area contributed by atoms with Crippen LogP contribution in [0.15, 0.2) is 47.3 Å². The van der Waals surface area contributed by atoms with Gasteiger partial charge < -0.3 is 15.2 Å². The van der Waals surface area contributed by atoms with Crippen molar-refractivity contribution < 1.29 is 9.69 Å². The molecule has 0 bridgehead atoms. The number of para-hydroxylation sites is 1. The fourth-order valence-corrected chi connectivity index (χ4v) is 3.03. The molecule has 0 aliphatic carbocycles. The average molecular weight is 365 g/mol. The minimum Gasteiger partial charge on any atom is -0.321 e. The van der Waals surface area contributed by atoms with Gasteiger partial charge in [-0.05, 0) is 50.1 Å². The Balaban J connectivity index is 1.74. The molecule has 6 heteroatoms. The third-order valence-electron chi connectivity index (χ3n) is 5.10. The lowest BCUT2D eigenvalue weighted by atomic mass is 10.1. The minimum absolute atomic E-state index is 0.0730. The van der Waals surface area contributed by atoms with Gasteiger partial charge in [-0.2, -0.15) is 0 Å². The van der Waals surface area contributed by atoms with Crippen molar-refractivity contribution in [1.82, 2.24) is 9.97 Å². The SMILES string of the molecule is Cc1cccc(NC(=O)C[NH+](C)[C@H](C)c2nc3ccccc3c(=O)[nH]2)c1C. The second-order valence-corrected chi connectivity index (χ2v) is 7.01. The minimum atomic E-state index is -0.157. The zero-order valence-corrected chi connectivity index (χ0v) is 16.1. The van der Waals surface area contributed by atoms with Crippen LogP contribution in [-0.4, -0.2) is 29.5 Å². The number of aryl methyl sites for hydroxylation is 1. The fourth-order valence-electron chi connectivity index (χ4n) is 3.03. The number of benzene rings is 2. The summed E-state index contributed by atoms with van der Waals surface area (Å²) in [5.74, 6) is 0.506. The van der Waals surface area contributed by atoms with Crippen molar-refractivity contribution in [2.24, 2.45) is 0 Å². The molecular formula is C21H25N4O2+. The number of anilines is 1. The van der Waals surface area contributed by atoms with Crippen LogP contribution in [0.4, 0.5) is 5.69 Å². The summed E-state index contributed by atoms with van der Waals surface area (Å²) < 4.78 is 0. The highest BCUT2D eigenvalue weighted by Gasteiger charge is 2.22. The van der Waals surface area contributed by atoms with E-state index in [9.17, 15) is 9.59 Å². The van der Waals surface area contributed by atoms with Crippen LogP contribution in [0.2, 0.25) is 0 Å². The molecule has 0 radical (unpaired) electrons. The van der Waals surface area contributed by atoms with Crippen molar-refractivity contribution in [3.8, 4) is 0 Å². The standard InChI is InChI=1S/C21H24N4O2/c1-13-8-7-11-17(14(13)2)22-19(26)12-25(4)15(3)20-23-18-10-6-5-9-16(18)21(27)24-20/h5-11,15H,12H2,1-4H3,(H,22,26)(H,23,24,27)/p+1/t15-/m1/s1. The van der Waals surface area contributed by atoms with Crippen molar-refractivity contribution in [3.05, 3.63) is 69.8 Å². The first-order chi connectivity index (χ1) is 12.9. The molecular weight excluding hydrogens is 340 g/mol. The van der Waals surface area contributed by atoms with Crippen LogP contribution in [0.1, 0.15) is 29.9 Å². The number of nitrogens with one attached hydrogen (secondary N) is 3. The number of rotatable bonds is 5. The lowest BCUT2D eigenvalue weighted by molar-refractivity contribution is -0.902. The second-order valence-electron chi connectivity index (χ2n) is 7.01. The van der Waals surface area contributed by atoms with Crippen LogP contribution in [0.25, 0.3) is 10.9 Å². The number of H-pyrrole nitrogens is 1. The molecule has 1 unspecified atom stereocenters. The summed E-state index contributed by atoms with van der Waals surface area (Å²) in [4.78, 5) is 33.1. The molecule has 6 nitrogen and oxygen atoms in total. The number of nitrogens with zero attached hydrogens (tertiary/aromatic N) is 1. The van der Waals surface area contributed by atoms with E-state index in [1.807, 2.05) is 64.2 Å². The Labute approximate surface area is 158 Å². The quantitative estimate of drug-likeness (QED) is 0.645. The number of hydrogen-bond donors (Lipinski definition) is 3. The predicted molar refractivity (Wildman–Crippen MR) is 107 cm³/mol. The number of likely N-dealkylation sites (N-methyl/N-ethyl adjacent to an activating group) is 1. The van der Waals surface area contributed by atoms with E-state index in [0.717, 1.165) is 21.7 Å². The van der Waals surface area contributed by atoms with E-state index in [1.54, 1.807) is 6.07 Å². The summed E-state index contributed by atoms with van der Waals surface area (Å²) >= 11 is 0. The number of fused-ring (bicyclic) bond motifs is 1. The zero-order chi connectivity index (χ0) is 19.6. The van der Waals surface area contributed by atoms with Crippen molar-refractivity contribution in [1.29, 1.82) is 0 Å². The molecule has 2 aromatic carbocycles. The fraction of sp³-hybridized carbons (Fsp3) is 0.286. The van der Waals surface area contributed by atoms with Crippen LogP contribution >= 0.6 is 0 Å². The van der Waals surface area contributed by atoms with Gasteiger partial charge in [-0.25, -0.2) is 4.98 Å². The molecule has 2 atom stereocenters. The topological polar surface area (TPSA) is 79.3 Å². The molecule has 0 saturated carbocycles. The van der Waals surface area contributed by atoms with Gasteiger partial charge in [0.15, 0.2) is 12.4 Å². The first-order valence-corrected chi connectivity index (χ1v) is 9.04. The van der Waals surface area contributed by atoms with E-state index in [0.29, 0.717) is 16.7 Å². The Morgan fingerprint density at radius 2 is 1.93 bits per heavy atom. The molecule has 0 spiro atoms. The van der Waals surface area contributed by atoms with Gasteiger partial charge >= 0.3 is 0 Å². The van der Waals surface area contributed by atoms with E-state index in [1.165, 1.54) is 0 Å². The maximum absolute atomic E-state index is 12.5. The van der Waals surface area contributed by atoms with Gasteiger partial charge in [0.25, 0.3) is 11.5 Å². The summed E-state index contributed by atoms with van der Waals surface area (Å²) in [6.45, 7) is 6.23. The zero-order valence-electron chi connectivity index (χ0n) is 16.1. The molecule has 3 aromatic rings. The molecule has 140 valence electrons. The highest BCUT2D eigenvalue weighted by atomic mass is 16.2. The van der Waals surface area contributed by atoms with Crippen molar-refractivity contribution in [2.75, 3.05) is 18.9 Å². The van der Waals surface area contributed by atoms with Crippen LogP contribution in [0.3, 0.4) is 0 Å². The molecule has 0 saturated heterocycles. The Morgan fingerprint density at radius 3 is 2.70 bits per heavy atom. The monoisotopic (exact) mass is 365 g/mol. The molecule has 3 rings (SSSR count). The molecule has 1 amide bonds. The molecule has 0 aliphatic heterocycles. The van der Waals surface area contributed by atoms with Crippen LogP contribution < -0.4 is 15.8 Å². The number of aromatic amines is 1. The molecule has 0 aliphatic rings. The maximum atomic E-state index is 12.5. The van der Waals surface area contributed by atoms with E-state index in [-0.39, 0.29) is 24.1 Å². The largest absolute Gasteiger partial charge is 0.321 e. The predicted octanol–water partition coefficient (Wildman–Crippen LogP) is 1.75. The number of carbonyl (C=O) groups is 1. The van der Waals surface area contributed by atoms with Gasteiger partial charge in [0.1, 0.15) is 6.04 Å². The number of aromatic nitrogens is 2. The first-order valence-electron chi connectivity index (χ1n) is 9.04. The third kappa shape index (κ3) is 4.06. The van der Waals surface area contributed by atoms with E-state index >= 15 is 0 Å². The number of amides is 1. The Morgan fingerprint density at radius 1 is 1.19 bits per heavy atom. The van der Waals surface area contributed by atoms with Crippen LogP contribution in [0.5, 0.6) is 0 Å². The molecule has 0 fully saturated rings. The Bertz CT molecular complexity index is 1040. The van der Waals surface area contributed by atoms with Gasteiger partial charge in [-0.1, -0.05) is 24.3 Å². The molecule has 27 heavy (non-hydrogen) atoms. The lowest BCUT2D eigenvalue weighted by Gasteiger charge is -2.21. The average Bonchev–Trinajstić information content (AvgIpc) is 2.64. The molecule has 1 heterocycles. The summed E-state index contributed by atoms with van der Waals surface area (Å²) in [5.41, 5.74) is 3.54. The molecule has 1 aromatic heterocycles. The summed E-state index contributed by atoms with van der Waals surface area (Å²) in [5, 5.41) is 3.55. The number of quaternary nitrogens is 1. The number of carbonyl (C=O) groups excluding carboxylic acids is 1. The summed E-state index contributed by atoms with van der Waals surface area (Å²) in [6.07, 6.45) is 0. The Kier molecular flexibility index (Phi) is 5.37. The van der Waals surface area contributed by atoms with Crippen LogP contribution in [-0.2, 0) is 4.79 Å². The van der Waals surface area contributed by atoms with E-state index < -0.39 is 0 Å². The second kappa shape index (κ2) is 7.72. The Hall–Kier alpha value is -2.99. The van der Waals surface area contributed by atoms with Crippen molar-refractivity contribution in [2.45, 2.75) is 26.8 Å². The van der Waals surface area contributed by atoms with Gasteiger partial charge in [-0.3, -0.25) is 9.59 Å². The number of hydrogen-bond acceptors (Lipinski definition) is 3. The maximum Gasteiger partial charge on any atom is 0.279 e. The smallest absolute Gasteiger partial charge is 0.279 e. The van der Waals surface area contributed by atoms with Gasteiger partial charge in [0.05, 0.1) is 18.0 Å². The van der Waals surface area contributed by atoms with Crippen LogP contribution in [0, 0.1) is 13.8 Å². The van der Waals surface area contributed by atoms with Gasteiger partial charge in [0, 0.05) is 5.69 Å². The highest BCUT2D eigenvalue weighted by molar-refractivity contribution is 5.92. The molecule has 3 N–H and O–H groups in total. The summed E-state index contributed by atoms with van der Waals surface area (Å²) in [7, 11) is 1.92. The lowest BCUT2D eigenvalue weighted by Crippen LogP contribution is -3.10. The van der Waals surface area contributed by atoms with Gasteiger partial charge in [-0.15, -0.1) is 0 Å². The third-order valence-corrected chi connectivity index (χ3v) is 5.10. The van der Waals surface area contributed by atoms with E-state index in [2.05, 4.69) is 15.3 Å². The van der Waals surface area contributed by atoms with Crippen molar-refractivity contribution in [3.63, 3.8) is 0 Å². The summed E-state index contributed by atoms with van der Waals surface area (Å²) in [6, 6.07) is 13.0. The highest BCUT2D eigenvalue weighted by Crippen LogP contribution is 2.17. The van der Waals surface area contributed by atoms with Gasteiger partial charge in [0.2, 0.25) is 0 Å².